The minimum Gasteiger partial charge on any atom is -0.497 e. The number of carbonyl (C=O) groups excluding carboxylic acids is 2. The van der Waals surface area contributed by atoms with Crippen molar-refractivity contribution in [2.24, 2.45) is 0 Å². The fourth-order valence-electron chi connectivity index (χ4n) is 6.16. The third-order valence-corrected chi connectivity index (χ3v) is 8.42. The average molecular weight is 667 g/mol. The van der Waals surface area contributed by atoms with Crippen molar-refractivity contribution in [3.05, 3.63) is 107 Å². The second-order valence-corrected chi connectivity index (χ2v) is 11.4. The van der Waals surface area contributed by atoms with Crippen LogP contribution in [0.3, 0.4) is 0 Å². The lowest BCUT2D eigenvalue weighted by Gasteiger charge is -2.07. The van der Waals surface area contributed by atoms with E-state index in [0.29, 0.717) is 33.8 Å². The highest BCUT2D eigenvalue weighted by Gasteiger charge is 2.26. The van der Waals surface area contributed by atoms with Gasteiger partial charge in [-0.15, -0.1) is 0 Å². The maximum absolute atomic E-state index is 13.5. The molecule has 0 atom stereocenters. The number of benzene rings is 2. The Hall–Kier alpha value is -6.42. The Morgan fingerprint density at radius 1 is 0.560 bits per heavy atom. The molecule has 50 heavy (non-hydrogen) atoms. The molecule has 8 bridgehead atoms. The van der Waals surface area contributed by atoms with Crippen LogP contribution in [0.2, 0.25) is 0 Å². The number of nitrogens with one attached hydrogen (secondary N) is 2. The van der Waals surface area contributed by atoms with Gasteiger partial charge in [-0.25, -0.2) is 19.6 Å². The number of hydrogen-bond acceptors (Lipinski definition) is 8. The number of nitrogens with zero attached hydrogens (tertiary/aromatic N) is 2. The van der Waals surface area contributed by atoms with E-state index in [1.807, 2.05) is 85.0 Å². The van der Waals surface area contributed by atoms with Gasteiger partial charge in [0, 0.05) is 22.2 Å². The fraction of sp³-hybridized carbons (Fsp3) is 0.150. The molecular weight excluding hydrogens is 632 g/mol. The van der Waals surface area contributed by atoms with E-state index in [0.717, 1.165) is 44.8 Å². The van der Waals surface area contributed by atoms with Crippen LogP contribution in [-0.2, 0) is 9.47 Å². The molecule has 0 radical (unpaired) electrons. The van der Waals surface area contributed by atoms with Gasteiger partial charge in [0.15, 0.2) is 0 Å². The zero-order valence-corrected chi connectivity index (χ0v) is 28.0. The van der Waals surface area contributed by atoms with Gasteiger partial charge >= 0.3 is 11.9 Å². The first-order chi connectivity index (χ1) is 24.4. The smallest absolute Gasteiger partial charge is 0.341 e. The summed E-state index contributed by atoms with van der Waals surface area (Å²) < 4.78 is 21.7. The van der Waals surface area contributed by atoms with Crippen molar-refractivity contribution in [3.8, 4) is 33.8 Å². The summed E-state index contributed by atoms with van der Waals surface area (Å²) in [4.78, 5) is 43.9. The Morgan fingerprint density at radius 3 is 1.34 bits per heavy atom. The number of aromatic nitrogens is 4. The molecule has 0 amide bonds. The highest BCUT2D eigenvalue weighted by atomic mass is 16.5. The van der Waals surface area contributed by atoms with Gasteiger partial charge in [-0.1, -0.05) is 24.3 Å². The average Bonchev–Trinajstić information content (AvgIpc) is 3.95. The molecule has 3 aromatic heterocycles. The van der Waals surface area contributed by atoms with Gasteiger partial charge in [0.1, 0.15) is 11.5 Å². The third-order valence-electron chi connectivity index (χ3n) is 8.42. The first kappa shape index (κ1) is 32.1. The molecule has 10 heteroatoms. The zero-order valence-electron chi connectivity index (χ0n) is 28.0. The summed E-state index contributed by atoms with van der Waals surface area (Å²) in [6.07, 6.45) is 7.58. The molecule has 0 saturated heterocycles. The van der Waals surface area contributed by atoms with E-state index in [1.54, 1.807) is 40.2 Å². The van der Waals surface area contributed by atoms with Gasteiger partial charge in [0.05, 0.1) is 72.4 Å². The lowest BCUT2D eigenvalue weighted by atomic mass is 10.0. The van der Waals surface area contributed by atoms with E-state index in [1.165, 1.54) is 0 Å². The van der Waals surface area contributed by atoms with E-state index >= 15 is 0 Å². The van der Waals surface area contributed by atoms with Crippen LogP contribution in [0.15, 0.2) is 72.8 Å². The Labute approximate surface area is 288 Å². The van der Waals surface area contributed by atoms with Gasteiger partial charge in [-0.3, -0.25) is 0 Å². The number of esters is 2. The molecule has 0 spiro atoms. The Morgan fingerprint density at radius 2 is 0.960 bits per heavy atom. The molecule has 5 heterocycles. The van der Waals surface area contributed by atoms with Crippen LogP contribution in [0.5, 0.6) is 11.5 Å². The summed E-state index contributed by atoms with van der Waals surface area (Å²) in [5.74, 6) is 0.155. The van der Waals surface area contributed by atoms with Crippen LogP contribution in [0, 0.1) is 0 Å². The summed E-state index contributed by atoms with van der Waals surface area (Å²) in [7, 11) is 3.27. The van der Waals surface area contributed by atoms with Crippen molar-refractivity contribution >= 4 is 58.3 Å². The molecule has 2 aliphatic rings. The van der Waals surface area contributed by atoms with Gasteiger partial charge in [-0.05, 0) is 97.8 Å². The number of carbonyl (C=O) groups is 2. The first-order valence-electron chi connectivity index (χ1n) is 16.2. The number of ether oxygens (including phenoxy) is 4. The Kier molecular flexibility index (Phi) is 8.74. The van der Waals surface area contributed by atoms with Crippen molar-refractivity contribution in [1.82, 2.24) is 19.9 Å². The van der Waals surface area contributed by atoms with E-state index in [2.05, 4.69) is 9.97 Å². The summed E-state index contributed by atoms with van der Waals surface area (Å²) in [6.45, 7) is 3.68. The highest BCUT2D eigenvalue weighted by molar-refractivity contribution is 6.13. The van der Waals surface area contributed by atoms with E-state index < -0.39 is 11.9 Å². The number of H-pyrrole nitrogens is 2. The summed E-state index contributed by atoms with van der Waals surface area (Å²) in [5, 5.41) is 0. The van der Waals surface area contributed by atoms with E-state index in [-0.39, 0.29) is 24.3 Å². The Bertz CT molecular complexity index is 2190. The largest absolute Gasteiger partial charge is 0.497 e. The molecule has 0 aliphatic carbocycles. The number of hydrogen-bond donors (Lipinski definition) is 2. The number of fused-ring (bicyclic) bond motifs is 8. The van der Waals surface area contributed by atoms with Gasteiger partial charge in [0.2, 0.25) is 0 Å². The first-order valence-corrected chi connectivity index (χ1v) is 16.2. The summed E-state index contributed by atoms with van der Waals surface area (Å²) in [6, 6.07) is 23.1. The van der Waals surface area contributed by atoms with Crippen molar-refractivity contribution in [2.45, 2.75) is 13.8 Å². The number of aromatic amines is 2. The van der Waals surface area contributed by atoms with Gasteiger partial charge in [0.25, 0.3) is 0 Å². The monoisotopic (exact) mass is 666 g/mol. The molecule has 2 aromatic carbocycles. The van der Waals surface area contributed by atoms with Crippen LogP contribution in [0.1, 0.15) is 57.3 Å². The minimum atomic E-state index is -0.655. The predicted octanol–water partition coefficient (Wildman–Crippen LogP) is 8.36. The van der Waals surface area contributed by atoms with Crippen molar-refractivity contribution in [1.29, 1.82) is 0 Å². The topological polar surface area (TPSA) is 128 Å². The highest BCUT2D eigenvalue weighted by Crippen LogP contribution is 2.35. The maximum Gasteiger partial charge on any atom is 0.341 e. The summed E-state index contributed by atoms with van der Waals surface area (Å²) in [5.41, 5.74) is 8.60. The normalized spacial score (nSPS) is 11.8. The zero-order chi connectivity index (χ0) is 34.8. The number of methoxy groups -OCH3 is 2. The second kappa shape index (κ2) is 13.6. The van der Waals surface area contributed by atoms with Crippen LogP contribution in [0.25, 0.3) is 68.6 Å². The van der Waals surface area contributed by atoms with E-state index in [9.17, 15) is 9.59 Å². The molecule has 0 saturated carbocycles. The molecule has 5 aromatic rings. The molecular formula is C40H34N4O6. The molecule has 10 nitrogen and oxygen atoms in total. The van der Waals surface area contributed by atoms with Gasteiger partial charge in [-0.2, -0.15) is 0 Å². The van der Waals surface area contributed by atoms with Crippen molar-refractivity contribution in [2.75, 3.05) is 27.4 Å². The lowest BCUT2D eigenvalue weighted by Crippen LogP contribution is -2.12. The van der Waals surface area contributed by atoms with Crippen LogP contribution >= 0.6 is 0 Å². The third kappa shape index (κ3) is 6.03. The standard InChI is InChI=1S/C40H34N4O6/c1-5-49-39(45)37-33-21-25-11-17-29(41-25)35(23-7-13-27(47-3)14-8-23)31-19-20-32(43-31)36(24-9-15-28(48-4)16-10-24)30-18-12-26(42-30)22-34(44-33)38(37)40(46)50-6-2/h7-22,43-44H,5-6H2,1-4H3. The SMILES string of the molecule is CCOC(=O)c1c(C(=O)OCC)c2cc3nc(c(-c4ccc(OC)cc4)c4ccc([nH]4)c(-c4ccc(OC)cc4)c4nc(cc1[nH]2)C=C4)C=C3. The maximum atomic E-state index is 13.5. The van der Waals surface area contributed by atoms with Crippen LogP contribution in [-0.4, -0.2) is 59.3 Å². The molecule has 2 N–H and O–H groups in total. The molecule has 250 valence electrons. The second-order valence-electron chi connectivity index (χ2n) is 11.4. The fourth-order valence-corrected chi connectivity index (χ4v) is 6.16. The van der Waals surface area contributed by atoms with Gasteiger partial charge < -0.3 is 28.9 Å². The molecule has 0 unspecified atom stereocenters. The lowest BCUT2D eigenvalue weighted by molar-refractivity contribution is 0.0483. The van der Waals surface area contributed by atoms with Crippen molar-refractivity contribution in [3.63, 3.8) is 0 Å². The van der Waals surface area contributed by atoms with Crippen LogP contribution in [0.4, 0.5) is 0 Å². The van der Waals surface area contributed by atoms with Crippen LogP contribution < -0.4 is 9.47 Å². The summed E-state index contributed by atoms with van der Waals surface area (Å²) >= 11 is 0. The van der Waals surface area contributed by atoms with Crippen molar-refractivity contribution < 1.29 is 28.5 Å². The quantitative estimate of drug-likeness (QED) is 0.155. The number of rotatable bonds is 8. The molecule has 0 fully saturated rings. The predicted molar refractivity (Wildman–Crippen MR) is 195 cm³/mol. The Balaban J connectivity index is 1.63. The molecule has 7 rings (SSSR count). The van der Waals surface area contributed by atoms with E-state index in [4.69, 9.17) is 28.9 Å². The molecule has 2 aliphatic heterocycles. The minimum absolute atomic E-state index is 0.0654.